The molecule has 23 heavy (non-hydrogen) atoms. The summed E-state index contributed by atoms with van der Waals surface area (Å²) in [7, 11) is 0. The van der Waals surface area contributed by atoms with E-state index in [1.807, 2.05) is 11.3 Å². The molecule has 124 valence electrons. The van der Waals surface area contributed by atoms with Gasteiger partial charge in [0.15, 0.2) is 0 Å². The molecular weight excluding hydrogens is 302 g/mol. The van der Waals surface area contributed by atoms with Gasteiger partial charge in [-0.15, -0.1) is 11.3 Å². The fourth-order valence-electron chi connectivity index (χ4n) is 4.23. The Bertz CT molecular complexity index is 685. The zero-order valence-corrected chi connectivity index (χ0v) is 15.1. The second kappa shape index (κ2) is 6.39. The summed E-state index contributed by atoms with van der Waals surface area (Å²) in [6, 6.07) is 0.590. The van der Waals surface area contributed by atoms with Gasteiger partial charge < -0.3 is 5.32 Å². The van der Waals surface area contributed by atoms with Crippen LogP contribution in [0.15, 0.2) is 6.33 Å². The molecule has 4 rings (SSSR count). The van der Waals surface area contributed by atoms with Crippen LogP contribution in [0.2, 0.25) is 0 Å². The van der Waals surface area contributed by atoms with Gasteiger partial charge in [0.1, 0.15) is 17.0 Å². The summed E-state index contributed by atoms with van der Waals surface area (Å²) < 4.78 is 0. The van der Waals surface area contributed by atoms with Gasteiger partial charge in [0.25, 0.3) is 0 Å². The van der Waals surface area contributed by atoms with Crippen LogP contribution in [0.1, 0.15) is 62.8 Å². The molecule has 3 nitrogen and oxygen atoms in total. The van der Waals surface area contributed by atoms with Crippen molar-refractivity contribution in [1.29, 1.82) is 0 Å². The summed E-state index contributed by atoms with van der Waals surface area (Å²) in [5, 5.41) is 5.10. The molecule has 2 heterocycles. The second-order valence-electron chi connectivity index (χ2n) is 7.52. The number of anilines is 1. The van der Waals surface area contributed by atoms with Gasteiger partial charge in [-0.05, 0) is 62.3 Å². The van der Waals surface area contributed by atoms with Crippen LogP contribution in [-0.2, 0) is 12.8 Å². The third-order valence-corrected chi connectivity index (χ3v) is 7.04. The number of nitrogens with zero attached hydrogens (tertiary/aromatic N) is 2. The number of fused-ring (bicyclic) bond motifs is 3. The van der Waals surface area contributed by atoms with Crippen molar-refractivity contribution in [1.82, 2.24) is 9.97 Å². The van der Waals surface area contributed by atoms with Crippen LogP contribution in [-0.4, -0.2) is 16.0 Å². The van der Waals surface area contributed by atoms with E-state index in [2.05, 4.69) is 29.1 Å². The molecule has 0 radical (unpaired) electrons. The number of hydrogen-bond donors (Lipinski definition) is 1. The molecule has 0 bridgehead atoms. The third kappa shape index (κ3) is 2.98. The Morgan fingerprint density at radius 3 is 2.78 bits per heavy atom. The van der Waals surface area contributed by atoms with E-state index in [1.165, 1.54) is 61.6 Å². The van der Waals surface area contributed by atoms with Crippen molar-refractivity contribution in [3.8, 4) is 0 Å². The lowest BCUT2D eigenvalue weighted by Gasteiger charge is -2.27. The summed E-state index contributed by atoms with van der Waals surface area (Å²) in [5.74, 6) is 2.85. The van der Waals surface area contributed by atoms with E-state index >= 15 is 0 Å². The predicted octanol–water partition coefficient (Wildman–Crippen LogP) is 5.20. The molecule has 1 atom stereocenters. The van der Waals surface area contributed by atoms with E-state index in [4.69, 9.17) is 0 Å². The minimum atomic E-state index is 0.590. The molecule has 0 saturated heterocycles. The maximum atomic E-state index is 4.62. The number of aromatic nitrogens is 2. The van der Waals surface area contributed by atoms with Crippen LogP contribution in [0.5, 0.6) is 0 Å². The molecule has 2 aromatic heterocycles. The van der Waals surface area contributed by atoms with Crippen LogP contribution in [0, 0.1) is 11.8 Å². The number of hydrogen-bond acceptors (Lipinski definition) is 4. The molecule has 1 unspecified atom stereocenters. The number of rotatable bonds is 3. The smallest absolute Gasteiger partial charge is 0.138 e. The molecule has 2 aliphatic carbocycles. The normalized spacial score (nSPS) is 27.8. The molecule has 0 aromatic carbocycles. The van der Waals surface area contributed by atoms with E-state index in [1.54, 1.807) is 16.8 Å². The van der Waals surface area contributed by atoms with E-state index in [0.717, 1.165) is 17.7 Å². The lowest BCUT2D eigenvalue weighted by atomic mass is 9.86. The molecule has 0 aliphatic heterocycles. The fourth-order valence-corrected chi connectivity index (χ4v) is 5.54. The summed E-state index contributed by atoms with van der Waals surface area (Å²) in [6.45, 7) is 4.69. The highest BCUT2D eigenvalue weighted by molar-refractivity contribution is 7.19. The van der Waals surface area contributed by atoms with Gasteiger partial charge in [0.2, 0.25) is 0 Å². The minimum absolute atomic E-state index is 0.590. The molecule has 2 aromatic rings. The lowest BCUT2D eigenvalue weighted by molar-refractivity contribution is 0.361. The van der Waals surface area contributed by atoms with Crippen molar-refractivity contribution < 1.29 is 0 Å². The number of nitrogens with one attached hydrogen (secondary N) is 1. The first kappa shape index (κ1) is 15.4. The van der Waals surface area contributed by atoms with Gasteiger partial charge in [-0.2, -0.15) is 0 Å². The standard InChI is InChI=1S/C19H27N3S/c1-3-13-6-9-15-16(10-13)23-19-17(15)18(20-11-21-19)22-14-7-4-12(2)5-8-14/h11-14H,3-10H2,1-2H3,(H,20,21,22). The van der Waals surface area contributed by atoms with Crippen LogP contribution in [0.4, 0.5) is 5.82 Å². The Morgan fingerprint density at radius 1 is 1.17 bits per heavy atom. The van der Waals surface area contributed by atoms with Crippen LogP contribution in [0.25, 0.3) is 10.2 Å². The van der Waals surface area contributed by atoms with Crippen molar-refractivity contribution >= 4 is 27.4 Å². The second-order valence-corrected chi connectivity index (χ2v) is 8.61. The van der Waals surface area contributed by atoms with Crippen molar-refractivity contribution in [3.63, 3.8) is 0 Å². The molecule has 1 saturated carbocycles. The van der Waals surface area contributed by atoms with Crippen LogP contribution < -0.4 is 5.32 Å². The Hall–Kier alpha value is -1.16. The highest BCUT2D eigenvalue weighted by Gasteiger charge is 2.25. The number of aryl methyl sites for hydroxylation is 1. The summed E-state index contributed by atoms with van der Waals surface area (Å²) >= 11 is 1.90. The van der Waals surface area contributed by atoms with E-state index in [0.29, 0.717) is 6.04 Å². The number of thiophene rings is 1. The van der Waals surface area contributed by atoms with E-state index in [9.17, 15) is 0 Å². The quantitative estimate of drug-likeness (QED) is 0.841. The largest absolute Gasteiger partial charge is 0.367 e. The maximum absolute atomic E-state index is 4.62. The van der Waals surface area contributed by atoms with E-state index < -0.39 is 0 Å². The summed E-state index contributed by atoms with van der Waals surface area (Å²) in [5.41, 5.74) is 1.54. The zero-order chi connectivity index (χ0) is 15.8. The molecule has 0 spiro atoms. The highest BCUT2D eigenvalue weighted by Crippen LogP contribution is 2.41. The molecule has 0 amide bonds. The molecule has 1 fully saturated rings. The third-order valence-electron chi connectivity index (χ3n) is 5.88. The average molecular weight is 330 g/mol. The van der Waals surface area contributed by atoms with Crippen molar-refractivity contribution in [2.75, 3.05) is 5.32 Å². The Labute approximate surface area is 142 Å². The minimum Gasteiger partial charge on any atom is -0.367 e. The lowest BCUT2D eigenvalue weighted by Crippen LogP contribution is -2.25. The highest BCUT2D eigenvalue weighted by atomic mass is 32.1. The molecule has 1 N–H and O–H groups in total. The van der Waals surface area contributed by atoms with E-state index in [-0.39, 0.29) is 0 Å². The molecule has 4 heteroatoms. The van der Waals surface area contributed by atoms with Gasteiger partial charge in [0.05, 0.1) is 5.39 Å². The van der Waals surface area contributed by atoms with Crippen molar-refractivity contribution in [2.24, 2.45) is 11.8 Å². The summed E-state index contributed by atoms with van der Waals surface area (Å²) in [6.07, 6.45) is 12.0. The average Bonchev–Trinajstić information content (AvgIpc) is 2.95. The molecular formula is C19H27N3S. The first-order valence-corrected chi connectivity index (χ1v) is 10.1. The topological polar surface area (TPSA) is 37.8 Å². The van der Waals surface area contributed by atoms with Gasteiger partial charge in [-0.3, -0.25) is 0 Å². The fraction of sp³-hybridized carbons (Fsp3) is 0.684. The first-order chi connectivity index (χ1) is 11.2. The van der Waals surface area contributed by atoms with Crippen LogP contribution in [0.3, 0.4) is 0 Å². The van der Waals surface area contributed by atoms with Gasteiger partial charge in [0, 0.05) is 10.9 Å². The monoisotopic (exact) mass is 329 g/mol. The Kier molecular flexibility index (Phi) is 4.27. The van der Waals surface area contributed by atoms with Gasteiger partial charge in [-0.25, -0.2) is 9.97 Å². The predicted molar refractivity (Wildman–Crippen MR) is 98.3 cm³/mol. The van der Waals surface area contributed by atoms with Gasteiger partial charge >= 0.3 is 0 Å². The van der Waals surface area contributed by atoms with Gasteiger partial charge in [-0.1, -0.05) is 20.3 Å². The Balaban J connectivity index is 1.64. The maximum Gasteiger partial charge on any atom is 0.138 e. The van der Waals surface area contributed by atoms with Crippen LogP contribution >= 0.6 is 11.3 Å². The van der Waals surface area contributed by atoms with Crippen molar-refractivity contribution in [2.45, 2.75) is 71.3 Å². The SMILES string of the molecule is CCC1CCc2c(sc3ncnc(NC4CCC(C)CC4)c23)C1. The zero-order valence-electron chi connectivity index (χ0n) is 14.3. The first-order valence-electron chi connectivity index (χ1n) is 9.26. The molecule has 2 aliphatic rings. The summed E-state index contributed by atoms with van der Waals surface area (Å²) in [4.78, 5) is 12.0. The Morgan fingerprint density at radius 2 is 2.00 bits per heavy atom. The van der Waals surface area contributed by atoms with Crippen molar-refractivity contribution in [3.05, 3.63) is 16.8 Å².